The number of hydrogen-bond donors (Lipinski definition) is 1. The second kappa shape index (κ2) is 10.5. The van der Waals surface area contributed by atoms with Gasteiger partial charge in [-0.1, -0.05) is 0 Å². The topological polar surface area (TPSA) is 64.8 Å². The van der Waals surface area contributed by atoms with E-state index in [1.54, 1.807) is 24.1 Å². The van der Waals surface area contributed by atoms with Crippen LogP contribution in [0.3, 0.4) is 0 Å². The monoisotopic (exact) mass is 360 g/mol. The highest BCUT2D eigenvalue weighted by Gasteiger charge is 2.28. The Balaban J connectivity index is 0.00000288. The number of rotatable bonds is 7. The number of carbonyl (C=O) groups is 1. The maximum absolute atomic E-state index is 12.8. The van der Waals surface area contributed by atoms with Crippen molar-refractivity contribution >= 4 is 18.3 Å². The van der Waals surface area contributed by atoms with Gasteiger partial charge in [0, 0.05) is 26.8 Å². The summed E-state index contributed by atoms with van der Waals surface area (Å²) in [6.07, 6.45) is 2.38. The van der Waals surface area contributed by atoms with Crippen LogP contribution in [-0.4, -0.2) is 50.3 Å². The lowest BCUT2D eigenvalue weighted by atomic mass is 9.91. The third kappa shape index (κ3) is 6.26. The first-order valence-corrected chi connectivity index (χ1v) is 8.04. The first-order valence-electron chi connectivity index (χ1n) is 8.04. The van der Waals surface area contributed by atoms with Gasteiger partial charge in [0.25, 0.3) is 0 Å². The Morgan fingerprint density at radius 2 is 2.00 bits per heavy atom. The highest BCUT2D eigenvalue weighted by molar-refractivity contribution is 5.85. The number of benzene rings is 1. The molecule has 2 N–H and O–H groups in total. The molecule has 5 nitrogen and oxygen atoms in total. The first kappa shape index (κ1) is 20.7. The third-order valence-corrected chi connectivity index (χ3v) is 4.16. The van der Waals surface area contributed by atoms with E-state index >= 15 is 0 Å². The molecule has 2 rings (SSSR count). The second-order valence-corrected chi connectivity index (χ2v) is 5.89. The summed E-state index contributed by atoms with van der Waals surface area (Å²) in [5, 5.41) is 0. The molecule has 1 heterocycles. The standard InChI is InChI=1S/C17H25FN2O3.ClH/c1-20(17(21)16(19)13-7-11-22-12-8-13)9-2-10-23-15-5-3-14(18)4-6-15;/h3-6,13,16H,2,7-12,19H2,1H3;1H. The molecular weight excluding hydrogens is 335 g/mol. The average molecular weight is 361 g/mol. The van der Waals surface area contributed by atoms with Gasteiger partial charge >= 0.3 is 0 Å². The van der Waals surface area contributed by atoms with Crippen LogP contribution in [0.15, 0.2) is 24.3 Å². The molecular formula is C17H26ClFN2O3. The zero-order chi connectivity index (χ0) is 16.7. The van der Waals surface area contributed by atoms with E-state index in [9.17, 15) is 9.18 Å². The Bertz CT molecular complexity index is 495. The van der Waals surface area contributed by atoms with Crippen molar-refractivity contribution < 1.29 is 18.7 Å². The smallest absolute Gasteiger partial charge is 0.239 e. The van der Waals surface area contributed by atoms with Crippen LogP contribution in [-0.2, 0) is 9.53 Å². The first-order chi connectivity index (χ1) is 11.1. The lowest BCUT2D eigenvalue weighted by molar-refractivity contribution is -0.133. The zero-order valence-corrected chi connectivity index (χ0v) is 14.8. The largest absolute Gasteiger partial charge is 0.494 e. The lowest BCUT2D eigenvalue weighted by Gasteiger charge is -2.29. The summed E-state index contributed by atoms with van der Waals surface area (Å²) >= 11 is 0. The maximum atomic E-state index is 12.8. The van der Waals surface area contributed by atoms with Crippen molar-refractivity contribution in [2.45, 2.75) is 25.3 Å². The van der Waals surface area contributed by atoms with E-state index in [0.29, 0.717) is 38.5 Å². The molecule has 24 heavy (non-hydrogen) atoms. The number of ether oxygens (including phenoxy) is 2. The molecule has 136 valence electrons. The normalized spacial score (nSPS) is 16.1. The predicted molar refractivity (Wildman–Crippen MR) is 92.9 cm³/mol. The molecule has 0 bridgehead atoms. The van der Waals surface area contributed by atoms with E-state index in [1.165, 1.54) is 12.1 Å². The van der Waals surface area contributed by atoms with Gasteiger partial charge in [0.15, 0.2) is 0 Å². The maximum Gasteiger partial charge on any atom is 0.239 e. The van der Waals surface area contributed by atoms with Crippen LogP contribution in [0.1, 0.15) is 19.3 Å². The fourth-order valence-electron chi connectivity index (χ4n) is 2.66. The number of amides is 1. The number of hydrogen-bond acceptors (Lipinski definition) is 4. The Labute approximate surface area is 148 Å². The molecule has 7 heteroatoms. The van der Waals surface area contributed by atoms with Crippen molar-refractivity contribution in [2.24, 2.45) is 11.7 Å². The zero-order valence-electron chi connectivity index (χ0n) is 13.9. The van der Waals surface area contributed by atoms with Crippen molar-refractivity contribution in [3.8, 4) is 5.75 Å². The van der Waals surface area contributed by atoms with Crippen molar-refractivity contribution in [3.05, 3.63) is 30.1 Å². The molecule has 1 aromatic rings. The van der Waals surface area contributed by atoms with Gasteiger partial charge < -0.3 is 20.1 Å². The molecule has 1 unspecified atom stereocenters. The van der Waals surface area contributed by atoms with Gasteiger partial charge in [0.05, 0.1) is 12.6 Å². The molecule has 1 amide bonds. The van der Waals surface area contributed by atoms with E-state index in [2.05, 4.69) is 0 Å². The highest BCUT2D eigenvalue weighted by atomic mass is 35.5. The van der Waals surface area contributed by atoms with Crippen LogP contribution in [0, 0.1) is 11.7 Å². The molecule has 1 saturated heterocycles. The summed E-state index contributed by atoms with van der Waals surface area (Å²) in [5.74, 6) is 0.511. The van der Waals surface area contributed by atoms with E-state index in [4.69, 9.17) is 15.2 Å². The predicted octanol–water partition coefficient (Wildman–Crippen LogP) is 2.23. The van der Waals surface area contributed by atoms with Crippen molar-refractivity contribution in [2.75, 3.05) is 33.4 Å². The van der Waals surface area contributed by atoms with Gasteiger partial charge in [-0.05, 0) is 49.4 Å². The molecule has 0 aromatic heterocycles. The lowest BCUT2D eigenvalue weighted by Crippen LogP contribution is -2.48. The fourth-order valence-corrected chi connectivity index (χ4v) is 2.66. The summed E-state index contributed by atoms with van der Waals surface area (Å²) in [4.78, 5) is 14.0. The molecule has 0 spiro atoms. The molecule has 1 atom stereocenters. The van der Waals surface area contributed by atoms with Gasteiger partial charge in [-0.3, -0.25) is 4.79 Å². The van der Waals surface area contributed by atoms with Gasteiger partial charge in [-0.2, -0.15) is 0 Å². The highest BCUT2D eigenvalue weighted by Crippen LogP contribution is 2.18. The average Bonchev–Trinajstić information content (AvgIpc) is 2.59. The molecule has 1 aromatic carbocycles. The van der Waals surface area contributed by atoms with Crippen LogP contribution in [0.5, 0.6) is 5.75 Å². The van der Waals surface area contributed by atoms with Crippen LogP contribution in [0.25, 0.3) is 0 Å². The summed E-state index contributed by atoms with van der Waals surface area (Å²) in [5.41, 5.74) is 6.09. The molecule has 0 radical (unpaired) electrons. The van der Waals surface area contributed by atoms with E-state index in [0.717, 1.165) is 12.8 Å². The Morgan fingerprint density at radius 3 is 2.62 bits per heavy atom. The SMILES string of the molecule is CN(CCCOc1ccc(F)cc1)C(=O)C(N)C1CCOCC1.Cl. The van der Waals surface area contributed by atoms with E-state index in [-0.39, 0.29) is 30.0 Å². The molecule has 0 saturated carbocycles. The quantitative estimate of drug-likeness (QED) is 0.757. The van der Waals surface area contributed by atoms with Crippen molar-refractivity contribution in [3.63, 3.8) is 0 Å². The van der Waals surface area contributed by atoms with Gasteiger partial charge in [0.1, 0.15) is 11.6 Å². The third-order valence-electron chi connectivity index (χ3n) is 4.16. The molecule has 1 aliphatic heterocycles. The Hall–Kier alpha value is -1.37. The molecule has 1 fully saturated rings. The minimum atomic E-state index is -0.457. The van der Waals surface area contributed by atoms with Gasteiger partial charge in [-0.25, -0.2) is 4.39 Å². The summed E-state index contributed by atoms with van der Waals surface area (Å²) in [7, 11) is 1.76. The molecule has 1 aliphatic rings. The Kier molecular flexibility index (Phi) is 9.03. The molecule has 0 aliphatic carbocycles. The van der Waals surface area contributed by atoms with Crippen LogP contribution in [0.2, 0.25) is 0 Å². The van der Waals surface area contributed by atoms with Crippen molar-refractivity contribution in [1.29, 1.82) is 0 Å². The van der Waals surface area contributed by atoms with E-state index in [1.807, 2.05) is 0 Å². The minimum Gasteiger partial charge on any atom is -0.494 e. The van der Waals surface area contributed by atoms with E-state index < -0.39 is 6.04 Å². The van der Waals surface area contributed by atoms with Gasteiger partial charge in [-0.15, -0.1) is 12.4 Å². The minimum absolute atomic E-state index is 0. The van der Waals surface area contributed by atoms with Crippen LogP contribution >= 0.6 is 12.4 Å². The number of halogens is 2. The van der Waals surface area contributed by atoms with Crippen LogP contribution < -0.4 is 10.5 Å². The van der Waals surface area contributed by atoms with Crippen LogP contribution in [0.4, 0.5) is 4.39 Å². The number of carbonyl (C=O) groups excluding carboxylic acids is 1. The van der Waals surface area contributed by atoms with Crippen molar-refractivity contribution in [1.82, 2.24) is 4.90 Å². The number of nitrogens with two attached hydrogens (primary N) is 1. The Morgan fingerprint density at radius 1 is 1.38 bits per heavy atom. The summed E-state index contributed by atoms with van der Waals surface area (Å²) in [6, 6.07) is 5.44. The number of likely N-dealkylation sites (N-methyl/N-ethyl adjacent to an activating group) is 1. The second-order valence-electron chi connectivity index (χ2n) is 5.89. The summed E-state index contributed by atoms with van der Waals surface area (Å²) < 4.78 is 23.6. The van der Waals surface area contributed by atoms with Gasteiger partial charge in [0.2, 0.25) is 5.91 Å². The summed E-state index contributed by atoms with van der Waals surface area (Å²) in [6.45, 7) is 2.41. The fraction of sp³-hybridized carbons (Fsp3) is 0.588. The number of nitrogens with zero attached hydrogens (tertiary/aromatic N) is 1.